The van der Waals surface area contributed by atoms with Gasteiger partial charge in [-0.15, -0.1) is 0 Å². The Labute approximate surface area is 95.8 Å². The number of hydrogen-bond donors (Lipinski definition) is 0. The largest absolute Gasteiger partial charge is 0.652 e. The third kappa shape index (κ3) is 2.12. The van der Waals surface area contributed by atoms with Gasteiger partial charge in [0.1, 0.15) is 11.3 Å². The van der Waals surface area contributed by atoms with E-state index in [-0.39, 0.29) is 6.67 Å². The number of aromatic nitrogens is 1. The van der Waals surface area contributed by atoms with E-state index < -0.39 is 0 Å². The Hall–Kier alpha value is -1.11. The highest BCUT2D eigenvalue weighted by Crippen LogP contribution is 2.23. The third-order valence-electron chi connectivity index (χ3n) is 2.22. The van der Waals surface area contributed by atoms with Crippen molar-refractivity contribution in [2.75, 3.05) is 6.67 Å². The average molecular weight is 217 g/mol. The molecular formula is C11H9AlFNO. The SMILES string of the molecule is FCCc1ccc2cccc([O][Al])c2n1. The molecule has 2 rings (SSSR count). The number of aryl methyl sites for hydroxylation is 1. The number of halogens is 1. The molecular weight excluding hydrogens is 208 g/mol. The van der Waals surface area contributed by atoms with E-state index in [2.05, 4.69) is 21.6 Å². The molecule has 15 heavy (non-hydrogen) atoms. The Morgan fingerprint density at radius 2 is 2.13 bits per heavy atom. The van der Waals surface area contributed by atoms with Crippen LogP contribution in [-0.4, -0.2) is 28.3 Å². The van der Waals surface area contributed by atoms with Crippen molar-refractivity contribution in [3.8, 4) is 5.75 Å². The van der Waals surface area contributed by atoms with Crippen LogP contribution < -0.4 is 3.79 Å². The number of alkyl halides is 1. The predicted octanol–water partition coefficient (Wildman–Crippen LogP) is 2.21. The summed E-state index contributed by atoms with van der Waals surface area (Å²) < 4.78 is 17.3. The second-order valence-corrected chi connectivity index (χ2v) is 3.42. The molecule has 0 aliphatic carbocycles. The van der Waals surface area contributed by atoms with Gasteiger partial charge in [0.05, 0.1) is 6.67 Å². The summed E-state index contributed by atoms with van der Waals surface area (Å²) in [4.78, 5) is 4.36. The molecule has 4 heteroatoms. The topological polar surface area (TPSA) is 22.1 Å². The van der Waals surface area contributed by atoms with Gasteiger partial charge >= 0.3 is 16.6 Å². The molecule has 0 fully saturated rings. The second kappa shape index (κ2) is 4.61. The predicted molar refractivity (Wildman–Crippen MR) is 57.8 cm³/mol. The molecule has 1 aromatic carbocycles. The van der Waals surface area contributed by atoms with Crippen LogP contribution in [0.15, 0.2) is 30.3 Å². The monoisotopic (exact) mass is 217 g/mol. The van der Waals surface area contributed by atoms with E-state index in [1.165, 1.54) is 0 Å². The molecule has 2 nitrogen and oxygen atoms in total. The maximum Gasteiger partial charge on any atom is 0.482 e. The van der Waals surface area contributed by atoms with Crippen LogP contribution in [0.3, 0.4) is 0 Å². The minimum Gasteiger partial charge on any atom is -0.652 e. The van der Waals surface area contributed by atoms with Crippen molar-refractivity contribution in [3.63, 3.8) is 0 Å². The number of fused-ring (bicyclic) bond motifs is 1. The number of rotatable bonds is 3. The molecule has 1 heterocycles. The van der Waals surface area contributed by atoms with Gasteiger partial charge in [0.15, 0.2) is 0 Å². The van der Waals surface area contributed by atoms with Crippen molar-refractivity contribution >= 4 is 27.5 Å². The van der Waals surface area contributed by atoms with Gasteiger partial charge in [0, 0.05) is 17.5 Å². The lowest BCUT2D eigenvalue weighted by atomic mass is 10.2. The Morgan fingerprint density at radius 1 is 1.27 bits per heavy atom. The van der Waals surface area contributed by atoms with Gasteiger partial charge in [-0.3, -0.25) is 4.39 Å². The fraction of sp³-hybridized carbons (Fsp3) is 0.182. The Morgan fingerprint density at radius 3 is 2.87 bits per heavy atom. The molecule has 0 amide bonds. The lowest BCUT2D eigenvalue weighted by Gasteiger charge is -2.07. The molecule has 0 unspecified atom stereocenters. The van der Waals surface area contributed by atoms with Crippen LogP contribution >= 0.6 is 0 Å². The fourth-order valence-corrected chi connectivity index (χ4v) is 1.68. The molecule has 0 saturated heterocycles. The summed E-state index contributed by atoms with van der Waals surface area (Å²) in [5.41, 5.74) is 1.53. The molecule has 0 N–H and O–H groups in total. The standard InChI is InChI=1S/C11H10FNO.Al/c12-7-6-9-5-4-8-2-1-3-10(14)11(8)13-9;/h1-5,14H,6-7H2;/q;+1/p-1. The molecule has 2 radical (unpaired) electrons. The summed E-state index contributed by atoms with van der Waals surface area (Å²) in [6, 6.07) is 9.46. The highest BCUT2D eigenvalue weighted by molar-refractivity contribution is 6.01. The van der Waals surface area contributed by atoms with Crippen molar-refractivity contribution in [2.45, 2.75) is 6.42 Å². The number of benzene rings is 1. The van der Waals surface area contributed by atoms with Gasteiger partial charge in [0.2, 0.25) is 0 Å². The summed E-state index contributed by atoms with van der Waals surface area (Å²) in [5, 5.41) is 0.998. The van der Waals surface area contributed by atoms with Crippen molar-refractivity contribution in [2.24, 2.45) is 0 Å². The highest BCUT2D eigenvalue weighted by atomic mass is 27.1. The van der Waals surface area contributed by atoms with E-state index in [4.69, 9.17) is 3.79 Å². The molecule has 0 aliphatic rings. The van der Waals surface area contributed by atoms with E-state index in [0.29, 0.717) is 12.2 Å². The van der Waals surface area contributed by atoms with Crippen molar-refractivity contribution in [1.29, 1.82) is 0 Å². The normalized spacial score (nSPS) is 10.5. The molecule has 0 bridgehead atoms. The Balaban J connectivity index is 2.57. The van der Waals surface area contributed by atoms with Gasteiger partial charge < -0.3 is 3.79 Å². The van der Waals surface area contributed by atoms with Crippen molar-refractivity contribution in [1.82, 2.24) is 4.98 Å². The lowest BCUT2D eigenvalue weighted by Crippen LogP contribution is -1.94. The molecule has 2 aromatic rings. The summed E-state index contributed by atoms with van der Waals surface area (Å²) in [5.74, 6) is 0.693. The fourth-order valence-electron chi connectivity index (χ4n) is 1.49. The van der Waals surface area contributed by atoms with Crippen LogP contribution in [0.2, 0.25) is 0 Å². The van der Waals surface area contributed by atoms with E-state index in [9.17, 15) is 4.39 Å². The maximum absolute atomic E-state index is 12.2. The van der Waals surface area contributed by atoms with Gasteiger partial charge in [-0.1, -0.05) is 18.2 Å². The summed E-state index contributed by atoms with van der Waals surface area (Å²) in [6.45, 7) is -0.387. The van der Waals surface area contributed by atoms with Crippen molar-refractivity contribution < 1.29 is 8.18 Å². The summed E-state index contributed by atoms with van der Waals surface area (Å²) in [7, 11) is 0. The maximum atomic E-state index is 12.2. The van der Waals surface area contributed by atoms with Gasteiger partial charge in [-0.05, 0) is 12.1 Å². The Kier molecular flexibility index (Phi) is 3.20. The van der Waals surface area contributed by atoms with Gasteiger partial charge in [0.25, 0.3) is 0 Å². The highest BCUT2D eigenvalue weighted by Gasteiger charge is 2.02. The number of para-hydroxylation sites is 1. The lowest BCUT2D eigenvalue weighted by molar-refractivity contribution is 0.492. The summed E-state index contributed by atoms with van der Waals surface area (Å²) in [6.07, 6.45) is 0.348. The van der Waals surface area contributed by atoms with E-state index in [1.54, 1.807) is 0 Å². The molecule has 74 valence electrons. The minimum atomic E-state index is -0.387. The number of pyridine rings is 1. The van der Waals surface area contributed by atoms with E-state index in [1.807, 2.05) is 30.3 Å². The van der Waals surface area contributed by atoms with Crippen LogP contribution in [0, 0.1) is 0 Å². The Bertz CT molecular complexity index is 475. The summed E-state index contributed by atoms with van der Waals surface area (Å²) >= 11 is 2.20. The molecule has 0 atom stereocenters. The minimum absolute atomic E-state index is 0.348. The van der Waals surface area contributed by atoms with Crippen molar-refractivity contribution in [3.05, 3.63) is 36.0 Å². The van der Waals surface area contributed by atoms with Crippen LogP contribution in [-0.2, 0) is 6.42 Å². The van der Waals surface area contributed by atoms with E-state index in [0.717, 1.165) is 16.6 Å². The van der Waals surface area contributed by atoms with Crippen LogP contribution in [0.25, 0.3) is 10.9 Å². The molecule has 0 aliphatic heterocycles. The number of hydrogen-bond acceptors (Lipinski definition) is 2. The van der Waals surface area contributed by atoms with Gasteiger partial charge in [-0.25, -0.2) is 4.98 Å². The first-order valence-corrected chi connectivity index (χ1v) is 5.13. The zero-order valence-corrected chi connectivity index (χ0v) is 9.27. The van der Waals surface area contributed by atoms with Crippen LogP contribution in [0.1, 0.15) is 5.69 Å². The second-order valence-electron chi connectivity index (χ2n) is 3.19. The van der Waals surface area contributed by atoms with Crippen LogP contribution in [0.4, 0.5) is 4.39 Å². The van der Waals surface area contributed by atoms with Gasteiger partial charge in [-0.2, -0.15) is 0 Å². The molecule has 1 aromatic heterocycles. The quantitative estimate of drug-likeness (QED) is 0.735. The smallest absolute Gasteiger partial charge is 0.482 e. The molecule has 0 saturated carbocycles. The first kappa shape index (κ1) is 10.4. The van der Waals surface area contributed by atoms with Crippen LogP contribution in [0.5, 0.6) is 5.75 Å². The zero-order valence-electron chi connectivity index (χ0n) is 8.11. The average Bonchev–Trinajstić information content (AvgIpc) is 2.28. The number of nitrogens with zero attached hydrogens (tertiary/aromatic N) is 1. The third-order valence-corrected chi connectivity index (χ3v) is 2.47. The first-order valence-electron chi connectivity index (χ1n) is 4.66. The van der Waals surface area contributed by atoms with E-state index >= 15 is 0 Å². The first-order chi connectivity index (χ1) is 7.35. The zero-order chi connectivity index (χ0) is 10.7. The molecule has 0 spiro atoms.